The lowest BCUT2D eigenvalue weighted by Crippen LogP contribution is -2.23. The minimum atomic E-state index is -0.533. The highest BCUT2D eigenvalue weighted by Gasteiger charge is 2.23. The van der Waals surface area contributed by atoms with Gasteiger partial charge in [-0.3, -0.25) is 19.7 Å². The highest BCUT2D eigenvalue weighted by atomic mass is 16.5. The lowest BCUT2D eigenvalue weighted by Gasteiger charge is -2.09. The number of carbonyl (C=O) groups excluding carboxylic acids is 3. The van der Waals surface area contributed by atoms with Crippen molar-refractivity contribution in [1.82, 2.24) is 5.32 Å². The van der Waals surface area contributed by atoms with Gasteiger partial charge in [0, 0.05) is 11.6 Å². The monoisotopic (exact) mass is 313 g/mol. The largest absolute Gasteiger partial charge is 0.461 e. The van der Waals surface area contributed by atoms with Crippen LogP contribution in [0.2, 0.25) is 0 Å². The molecule has 2 rings (SSSR count). The molecule has 120 valence electrons. The molecule has 1 aromatic rings. The molecule has 0 aromatic heterocycles. The van der Waals surface area contributed by atoms with Crippen LogP contribution in [0.5, 0.6) is 0 Å². The van der Waals surface area contributed by atoms with E-state index in [0.717, 1.165) is 30.0 Å². The van der Waals surface area contributed by atoms with Crippen LogP contribution < -0.4 is 5.32 Å². The van der Waals surface area contributed by atoms with Crippen molar-refractivity contribution in [2.24, 2.45) is 0 Å². The normalized spacial score (nSPS) is 13.5. The maximum atomic E-state index is 11.8. The smallest absolute Gasteiger partial charge is 0.310 e. The summed E-state index contributed by atoms with van der Waals surface area (Å²) in [6, 6.07) is 5.92. The van der Waals surface area contributed by atoms with E-state index >= 15 is 0 Å². The van der Waals surface area contributed by atoms with Gasteiger partial charge in [-0.1, -0.05) is 24.3 Å². The zero-order valence-electron chi connectivity index (χ0n) is 13.1. The third-order valence-corrected chi connectivity index (χ3v) is 3.59. The van der Waals surface area contributed by atoms with Crippen molar-refractivity contribution in [3.63, 3.8) is 0 Å². The summed E-state index contributed by atoms with van der Waals surface area (Å²) < 4.78 is 5.16. The fourth-order valence-electron chi connectivity index (χ4n) is 2.34. The number of hydrogen-bond acceptors (Lipinski definition) is 4. The molecule has 0 spiro atoms. The number of nitrogens with one attached hydrogen (secondary N) is 1. The Morgan fingerprint density at radius 1 is 1.35 bits per heavy atom. The number of aryl methyl sites for hydroxylation is 2. The molecule has 0 saturated heterocycles. The molecular formula is C18H19NO4. The molecule has 5 nitrogen and oxygen atoms in total. The molecule has 1 heterocycles. The van der Waals surface area contributed by atoms with Crippen molar-refractivity contribution in [2.45, 2.75) is 32.8 Å². The number of amides is 2. The molecule has 0 aliphatic carbocycles. The minimum absolute atomic E-state index is 0.135. The van der Waals surface area contributed by atoms with Crippen LogP contribution in [0.15, 0.2) is 42.5 Å². The summed E-state index contributed by atoms with van der Waals surface area (Å²) in [5, 5.41) is 2.09. The summed E-state index contributed by atoms with van der Waals surface area (Å²) in [5.41, 5.74) is 3.41. The molecule has 0 atom stereocenters. The predicted molar refractivity (Wildman–Crippen MR) is 85.3 cm³/mol. The molecule has 1 aliphatic heterocycles. The Morgan fingerprint density at radius 2 is 2.13 bits per heavy atom. The van der Waals surface area contributed by atoms with Gasteiger partial charge in [-0.15, -0.1) is 6.58 Å². The van der Waals surface area contributed by atoms with Gasteiger partial charge >= 0.3 is 5.97 Å². The number of hydrogen-bond donors (Lipinski definition) is 1. The van der Waals surface area contributed by atoms with Crippen LogP contribution in [0, 0.1) is 6.92 Å². The number of ether oxygens (including phenoxy) is 1. The number of benzene rings is 1. The second kappa shape index (κ2) is 7.54. The molecule has 0 bridgehead atoms. The number of esters is 1. The SMILES string of the molecule is C=CCCc1ccc(COC(=O)CC2=CC(=O)NC2=O)cc1C. The van der Waals surface area contributed by atoms with Crippen LogP contribution in [0.4, 0.5) is 0 Å². The van der Waals surface area contributed by atoms with Crippen molar-refractivity contribution in [1.29, 1.82) is 0 Å². The third-order valence-electron chi connectivity index (χ3n) is 3.59. The van der Waals surface area contributed by atoms with E-state index in [1.165, 1.54) is 5.56 Å². The molecule has 0 fully saturated rings. The second-order valence-electron chi connectivity index (χ2n) is 5.41. The average molecular weight is 313 g/mol. The summed E-state index contributed by atoms with van der Waals surface area (Å²) in [7, 11) is 0. The number of rotatable bonds is 7. The Hall–Kier alpha value is -2.69. The molecule has 2 amide bonds. The van der Waals surface area contributed by atoms with E-state index in [-0.39, 0.29) is 18.6 Å². The van der Waals surface area contributed by atoms with E-state index < -0.39 is 17.8 Å². The second-order valence-corrected chi connectivity index (χ2v) is 5.41. The van der Waals surface area contributed by atoms with Crippen LogP contribution in [0.1, 0.15) is 29.5 Å². The quantitative estimate of drug-likeness (QED) is 0.475. The first-order chi connectivity index (χ1) is 11.0. The van der Waals surface area contributed by atoms with Gasteiger partial charge in [-0.2, -0.15) is 0 Å². The van der Waals surface area contributed by atoms with Gasteiger partial charge in [-0.25, -0.2) is 0 Å². The molecule has 0 unspecified atom stereocenters. The predicted octanol–water partition coefficient (Wildman–Crippen LogP) is 2.13. The lowest BCUT2D eigenvalue weighted by atomic mass is 10.0. The fourth-order valence-corrected chi connectivity index (χ4v) is 2.34. The van der Waals surface area contributed by atoms with Crippen molar-refractivity contribution in [3.8, 4) is 0 Å². The molecule has 23 heavy (non-hydrogen) atoms. The molecule has 1 aliphatic rings. The molecule has 1 aromatic carbocycles. The Balaban J connectivity index is 1.88. The first-order valence-electron chi connectivity index (χ1n) is 7.40. The average Bonchev–Trinajstić information content (AvgIpc) is 2.82. The summed E-state index contributed by atoms with van der Waals surface area (Å²) >= 11 is 0. The molecule has 1 N–H and O–H groups in total. The number of imide groups is 1. The first-order valence-corrected chi connectivity index (χ1v) is 7.40. The molecule has 0 saturated carbocycles. The highest BCUT2D eigenvalue weighted by molar-refractivity contribution is 6.17. The zero-order valence-corrected chi connectivity index (χ0v) is 13.1. The van der Waals surface area contributed by atoms with Gasteiger partial charge in [-0.05, 0) is 36.5 Å². The summed E-state index contributed by atoms with van der Waals surface area (Å²) in [6.07, 6.45) is 4.67. The first kappa shape index (κ1) is 16.7. The van der Waals surface area contributed by atoms with E-state index in [4.69, 9.17) is 4.74 Å². The van der Waals surface area contributed by atoms with Crippen LogP contribution in [0.3, 0.4) is 0 Å². The number of allylic oxidation sites excluding steroid dienone is 1. The van der Waals surface area contributed by atoms with Crippen LogP contribution in [-0.2, 0) is 32.1 Å². The Bertz CT molecular complexity index is 688. The summed E-state index contributed by atoms with van der Waals surface area (Å²) in [5.74, 6) is -1.56. The van der Waals surface area contributed by atoms with Gasteiger partial charge in [0.15, 0.2) is 0 Å². The van der Waals surface area contributed by atoms with E-state index in [0.29, 0.717) is 0 Å². The molecule has 0 radical (unpaired) electrons. The molecular weight excluding hydrogens is 294 g/mol. The topological polar surface area (TPSA) is 72.5 Å². The maximum Gasteiger partial charge on any atom is 0.310 e. The lowest BCUT2D eigenvalue weighted by molar-refractivity contribution is -0.144. The van der Waals surface area contributed by atoms with Crippen molar-refractivity contribution in [2.75, 3.05) is 0 Å². The zero-order chi connectivity index (χ0) is 16.8. The summed E-state index contributed by atoms with van der Waals surface area (Å²) in [4.78, 5) is 34.1. The van der Waals surface area contributed by atoms with E-state index in [9.17, 15) is 14.4 Å². The Morgan fingerprint density at radius 3 is 2.74 bits per heavy atom. The van der Waals surface area contributed by atoms with E-state index in [1.54, 1.807) is 0 Å². The van der Waals surface area contributed by atoms with E-state index in [2.05, 4.69) is 11.9 Å². The van der Waals surface area contributed by atoms with Crippen molar-refractivity contribution >= 4 is 17.8 Å². The van der Waals surface area contributed by atoms with Gasteiger partial charge in [0.25, 0.3) is 11.8 Å². The Labute approximate surface area is 135 Å². The van der Waals surface area contributed by atoms with Crippen LogP contribution >= 0.6 is 0 Å². The number of carbonyl (C=O) groups is 3. The van der Waals surface area contributed by atoms with Gasteiger partial charge in [0.2, 0.25) is 0 Å². The van der Waals surface area contributed by atoms with Crippen LogP contribution in [0.25, 0.3) is 0 Å². The Kier molecular flexibility index (Phi) is 5.46. The van der Waals surface area contributed by atoms with Gasteiger partial charge in [0.1, 0.15) is 6.61 Å². The van der Waals surface area contributed by atoms with Crippen molar-refractivity contribution in [3.05, 3.63) is 59.2 Å². The minimum Gasteiger partial charge on any atom is -0.461 e. The molecule has 5 heteroatoms. The van der Waals surface area contributed by atoms with Gasteiger partial charge in [0.05, 0.1) is 6.42 Å². The van der Waals surface area contributed by atoms with E-state index in [1.807, 2.05) is 31.2 Å². The summed E-state index contributed by atoms with van der Waals surface area (Å²) in [6.45, 7) is 5.87. The fraction of sp³-hybridized carbons (Fsp3) is 0.278. The standard InChI is InChI=1S/C18H19NO4/c1-3-4-5-14-7-6-13(8-12(14)2)11-23-17(21)10-15-9-16(20)19-18(15)22/h3,6-9H,1,4-5,10-11H2,2H3,(H,19,20,22). The van der Waals surface area contributed by atoms with Gasteiger partial charge < -0.3 is 4.74 Å². The third kappa shape index (κ3) is 4.64. The maximum absolute atomic E-state index is 11.8. The van der Waals surface area contributed by atoms with Crippen LogP contribution in [-0.4, -0.2) is 17.8 Å². The van der Waals surface area contributed by atoms with Crippen molar-refractivity contribution < 1.29 is 19.1 Å². The highest BCUT2D eigenvalue weighted by Crippen LogP contribution is 2.15.